The minimum absolute atomic E-state index is 0.00942. The van der Waals surface area contributed by atoms with Gasteiger partial charge in [0.1, 0.15) is 6.54 Å². The van der Waals surface area contributed by atoms with Crippen LogP contribution in [0.3, 0.4) is 0 Å². The molecule has 0 bridgehead atoms. The Hall–Kier alpha value is -2.38. The van der Waals surface area contributed by atoms with Gasteiger partial charge in [-0.2, -0.15) is 0 Å². The largest absolute Gasteiger partial charge is 0.354 e. The topological polar surface area (TPSA) is 102 Å². The number of aromatic nitrogens is 4. The van der Waals surface area contributed by atoms with E-state index in [-0.39, 0.29) is 23.6 Å². The molecule has 108 valence electrons. The van der Waals surface area contributed by atoms with Gasteiger partial charge in [0.05, 0.1) is 6.33 Å². The van der Waals surface area contributed by atoms with Gasteiger partial charge in [-0.05, 0) is 5.92 Å². The van der Waals surface area contributed by atoms with Crippen molar-refractivity contribution in [3.63, 3.8) is 0 Å². The highest BCUT2D eigenvalue weighted by molar-refractivity contribution is 5.78. The fourth-order valence-corrected chi connectivity index (χ4v) is 1.83. The predicted octanol–water partition coefficient (Wildman–Crippen LogP) is -0.804. The van der Waals surface area contributed by atoms with Crippen LogP contribution in [0.25, 0.3) is 11.2 Å². The average Bonchev–Trinajstić information content (AvgIpc) is 2.78. The van der Waals surface area contributed by atoms with Crippen molar-refractivity contribution in [2.75, 3.05) is 6.54 Å². The lowest BCUT2D eigenvalue weighted by Crippen LogP contribution is -2.32. The number of amides is 1. The van der Waals surface area contributed by atoms with Crippen LogP contribution in [0.1, 0.15) is 13.8 Å². The smallest absolute Gasteiger partial charge is 0.329 e. The van der Waals surface area contributed by atoms with E-state index in [0.29, 0.717) is 12.5 Å². The molecule has 20 heavy (non-hydrogen) atoms. The Morgan fingerprint density at radius 1 is 1.45 bits per heavy atom. The molecule has 0 saturated carbocycles. The second-order valence-electron chi connectivity index (χ2n) is 5.06. The normalized spacial score (nSPS) is 11.2. The highest BCUT2D eigenvalue weighted by atomic mass is 16.2. The SMILES string of the molecule is CC(C)CNC(=O)Cn1cnc2c1c(=O)[nH]c(=O)n2C. The maximum absolute atomic E-state index is 11.8. The second-order valence-corrected chi connectivity index (χ2v) is 5.06. The Bertz CT molecular complexity index is 753. The van der Waals surface area contributed by atoms with Gasteiger partial charge in [0.15, 0.2) is 11.2 Å². The lowest BCUT2D eigenvalue weighted by Gasteiger charge is -2.08. The van der Waals surface area contributed by atoms with Crippen LogP contribution in [0.15, 0.2) is 15.9 Å². The minimum Gasteiger partial charge on any atom is -0.354 e. The van der Waals surface area contributed by atoms with Crippen LogP contribution >= 0.6 is 0 Å². The predicted molar refractivity (Wildman–Crippen MR) is 73.4 cm³/mol. The van der Waals surface area contributed by atoms with Gasteiger partial charge in [0.2, 0.25) is 5.91 Å². The van der Waals surface area contributed by atoms with Crippen LogP contribution < -0.4 is 16.6 Å². The van der Waals surface area contributed by atoms with E-state index in [1.54, 1.807) is 0 Å². The number of hydrogen-bond acceptors (Lipinski definition) is 4. The van der Waals surface area contributed by atoms with Crippen molar-refractivity contribution in [1.82, 2.24) is 24.4 Å². The number of aromatic amines is 1. The lowest BCUT2D eigenvalue weighted by molar-refractivity contribution is -0.121. The Kier molecular flexibility index (Phi) is 3.73. The third kappa shape index (κ3) is 2.63. The van der Waals surface area contributed by atoms with E-state index < -0.39 is 11.2 Å². The molecule has 0 aromatic carbocycles. The van der Waals surface area contributed by atoms with E-state index in [2.05, 4.69) is 15.3 Å². The first kappa shape index (κ1) is 14.0. The number of nitrogens with zero attached hydrogens (tertiary/aromatic N) is 3. The number of imidazole rings is 1. The average molecular weight is 279 g/mol. The van der Waals surface area contributed by atoms with Gasteiger partial charge in [0.25, 0.3) is 5.56 Å². The van der Waals surface area contributed by atoms with Gasteiger partial charge in [-0.3, -0.25) is 19.1 Å². The van der Waals surface area contributed by atoms with Gasteiger partial charge in [-0.25, -0.2) is 9.78 Å². The highest BCUT2D eigenvalue weighted by Crippen LogP contribution is 2.04. The molecule has 0 unspecified atom stereocenters. The van der Waals surface area contributed by atoms with Crippen molar-refractivity contribution < 1.29 is 4.79 Å². The summed E-state index contributed by atoms with van der Waals surface area (Å²) in [5.41, 5.74) is -0.600. The van der Waals surface area contributed by atoms with Gasteiger partial charge in [0, 0.05) is 13.6 Å². The molecule has 1 amide bonds. The van der Waals surface area contributed by atoms with E-state index in [9.17, 15) is 14.4 Å². The van der Waals surface area contributed by atoms with Crippen molar-refractivity contribution in [2.24, 2.45) is 13.0 Å². The number of nitrogens with one attached hydrogen (secondary N) is 2. The standard InChI is InChI=1S/C12H17N5O3/c1-7(2)4-13-8(18)5-17-6-14-10-9(17)11(19)15-12(20)16(10)3/h6-7H,4-5H2,1-3H3,(H,13,18)(H,15,19,20). The van der Waals surface area contributed by atoms with Crippen LogP contribution in [-0.2, 0) is 18.4 Å². The summed E-state index contributed by atoms with van der Waals surface area (Å²) in [5, 5.41) is 2.76. The van der Waals surface area contributed by atoms with Crippen molar-refractivity contribution in [2.45, 2.75) is 20.4 Å². The van der Waals surface area contributed by atoms with E-state index in [0.717, 1.165) is 0 Å². The van der Waals surface area contributed by atoms with Gasteiger partial charge in [-0.15, -0.1) is 0 Å². The second kappa shape index (κ2) is 5.32. The molecule has 0 aliphatic carbocycles. The molecule has 2 aromatic rings. The number of carbonyl (C=O) groups is 1. The Labute approximate surface area is 114 Å². The summed E-state index contributed by atoms with van der Waals surface area (Å²) in [6.07, 6.45) is 1.38. The number of aryl methyl sites for hydroxylation is 1. The fraction of sp³-hybridized carbons (Fsp3) is 0.500. The first-order chi connectivity index (χ1) is 9.40. The quantitative estimate of drug-likeness (QED) is 0.764. The Morgan fingerprint density at radius 3 is 2.80 bits per heavy atom. The van der Waals surface area contributed by atoms with Gasteiger partial charge >= 0.3 is 5.69 Å². The molecule has 0 radical (unpaired) electrons. The number of fused-ring (bicyclic) bond motifs is 1. The molecular weight excluding hydrogens is 262 g/mol. The Balaban J connectivity index is 2.33. The molecule has 0 fully saturated rings. The summed E-state index contributed by atoms with van der Waals surface area (Å²) < 4.78 is 2.67. The van der Waals surface area contributed by atoms with Gasteiger partial charge < -0.3 is 9.88 Å². The van der Waals surface area contributed by atoms with Crippen molar-refractivity contribution in [3.8, 4) is 0 Å². The first-order valence-corrected chi connectivity index (χ1v) is 6.31. The minimum atomic E-state index is -0.544. The van der Waals surface area contributed by atoms with E-state index in [4.69, 9.17) is 0 Å². The third-order valence-electron chi connectivity index (χ3n) is 2.90. The van der Waals surface area contributed by atoms with Crippen molar-refractivity contribution >= 4 is 17.1 Å². The fourth-order valence-electron chi connectivity index (χ4n) is 1.83. The maximum Gasteiger partial charge on any atom is 0.329 e. The van der Waals surface area contributed by atoms with E-state index in [1.807, 2.05) is 13.8 Å². The zero-order valence-corrected chi connectivity index (χ0v) is 11.6. The molecule has 2 N–H and O–H groups in total. The maximum atomic E-state index is 11.8. The number of hydrogen-bond donors (Lipinski definition) is 2. The summed E-state index contributed by atoms with van der Waals surface area (Å²) in [6, 6.07) is 0. The van der Waals surface area contributed by atoms with Gasteiger partial charge in [-0.1, -0.05) is 13.8 Å². The Morgan fingerprint density at radius 2 is 2.15 bits per heavy atom. The van der Waals surface area contributed by atoms with E-state index >= 15 is 0 Å². The molecular formula is C12H17N5O3. The zero-order chi connectivity index (χ0) is 14.9. The van der Waals surface area contributed by atoms with Crippen LogP contribution in [0.2, 0.25) is 0 Å². The summed E-state index contributed by atoms with van der Waals surface area (Å²) in [6.45, 7) is 4.55. The molecule has 2 heterocycles. The molecule has 8 heteroatoms. The first-order valence-electron chi connectivity index (χ1n) is 6.31. The van der Waals surface area contributed by atoms with Crippen LogP contribution in [0.5, 0.6) is 0 Å². The molecule has 0 aliphatic heterocycles. The van der Waals surface area contributed by atoms with Crippen LogP contribution in [0, 0.1) is 5.92 Å². The van der Waals surface area contributed by atoms with Crippen molar-refractivity contribution in [3.05, 3.63) is 27.2 Å². The number of carbonyl (C=O) groups excluding carboxylic acids is 1. The zero-order valence-electron chi connectivity index (χ0n) is 11.6. The monoisotopic (exact) mass is 279 g/mol. The number of rotatable bonds is 4. The van der Waals surface area contributed by atoms with Crippen LogP contribution in [-0.4, -0.2) is 31.6 Å². The van der Waals surface area contributed by atoms with Crippen LogP contribution in [0.4, 0.5) is 0 Å². The highest BCUT2D eigenvalue weighted by Gasteiger charge is 2.13. The summed E-state index contributed by atoms with van der Waals surface area (Å²) >= 11 is 0. The third-order valence-corrected chi connectivity index (χ3v) is 2.90. The molecule has 0 spiro atoms. The van der Waals surface area contributed by atoms with Crippen molar-refractivity contribution in [1.29, 1.82) is 0 Å². The molecule has 0 aliphatic rings. The molecule has 2 rings (SSSR count). The summed E-state index contributed by atoms with van der Waals surface area (Å²) in [7, 11) is 1.51. The molecule has 0 saturated heterocycles. The van der Waals surface area contributed by atoms with E-state index in [1.165, 1.54) is 22.5 Å². The molecule has 8 nitrogen and oxygen atoms in total. The molecule has 2 aromatic heterocycles. The molecule has 0 atom stereocenters. The summed E-state index contributed by atoms with van der Waals surface area (Å²) in [5.74, 6) is 0.147. The lowest BCUT2D eigenvalue weighted by atomic mass is 10.2. The number of H-pyrrole nitrogens is 1. The summed E-state index contributed by atoms with van der Waals surface area (Å²) in [4.78, 5) is 41.2.